The van der Waals surface area contributed by atoms with Gasteiger partial charge in [0.2, 0.25) is 0 Å². The first-order valence-electron chi connectivity index (χ1n) is 6.58. The zero-order valence-electron chi connectivity index (χ0n) is 11.8. The summed E-state index contributed by atoms with van der Waals surface area (Å²) in [4.78, 5) is 0. The minimum Gasteiger partial charge on any atom is -0.495 e. The van der Waals surface area contributed by atoms with Crippen LogP contribution in [0.4, 0.5) is 0 Å². The molecule has 0 bridgehead atoms. The van der Waals surface area contributed by atoms with Crippen LogP contribution in [0.3, 0.4) is 0 Å². The van der Waals surface area contributed by atoms with E-state index in [0.717, 1.165) is 26.3 Å². The maximum Gasteiger partial charge on any atom is 0.137 e. The van der Waals surface area contributed by atoms with E-state index in [1.807, 2.05) is 30.3 Å². The summed E-state index contributed by atoms with van der Waals surface area (Å²) in [5, 5.41) is 4.84. The Morgan fingerprint density at radius 2 is 1.76 bits per heavy atom. The molecule has 2 rings (SSSR count). The van der Waals surface area contributed by atoms with Crippen molar-refractivity contribution in [3.05, 3.63) is 61.1 Å². The van der Waals surface area contributed by atoms with E-state index in [0.29, 0.717) is 10.8 Å². The molecule has 5 heteroatoms. The quantitative estimate of drug-likeness (QED) is 0.643. The van der Waals surface area contributed by atoms with E-state index in [1.54, 1.807) is 7.11 Å². The van der Waals surface area contributed by atoms with E-state index < -0.39 is 0 Å². The van der Waals surface area contributed by atoms with Gasteiger partial charge in [0, 0.05) is 3.57 Å². The number of benzene rings is 2. The lowest BCUT2D eigenvalue weighted by Gasteiger charge is -2.20. The van der Waals surface area contributed by atoms with Crippen molar-refractivity contribution in [2.45, 2.75) is 13.0 Å². The SMILES string of the molecule is CCNC(c1ccc(I)c(Cl)c1)c1ccc(Cl)c(OC)c1. The minimum absolute atomic E-state index is 0.0515. The smallest absolute Gasteiger partial charge is 0.137 e. The molecule has 2 aromatic rings. The van der Waals surface area contributed by atoms with Crippen molar-refractivity contribution in [3.8, 4) is 5.75 Å². The van der Waals surface area contributed by atoms with Crippen LogP contribution in [0.15, 0.2) is 36.4 Å². The van der Waals surface area contributed by atoms with Crippen LogP contribution < -0.4 is 10.1 Å². The summed E-state index contributed by atoms with van der Waals surface area (Å²) in [6.07, 6.45) is 0. The second-order valence-corrected chi connectivity index (χ2v) is 6.53. The molecule has 2 aromatic carbocycles. The molecule has 0 aromatic heterocycles. The first-order valence-corrected chi connectivity index (χ1v) is 8.42. The number of nitrogens with one attached hydrogen (secondary N) is 1. The summed E-state index contributed by atoms with van der Waals surface area (Å²) < 4.78 is 6.35. The summed E-state index contributed by atoms with van der Waals surface area (Å²) in [6.45, 7) is 2.92. The molecule has 1 atom stereocenters. The highest BCUT2D eigenvalue weighted by atomic mass is 127. The molecule has 21 heavy (non-hydrogen) atoms. The van der Waals surface area contributed by atoms with Crippen LogP contribution in [0.2, 0.25) is 10.0 Å². The number of rotatable bonds is 5. The van der Waals surface area contributed by atoms with Crippen LogP contribution in [-0.4, -0.2) is 13.7 Å². The Morgan fingerprint density at radius 3 is 2.38 bits per heavy atom. The average Bonchev–Trinajstić information content (AvgIpc) is 2.48. The maximum absolute atomic E-state index is 6.25. The van der Waals surface area contributed by atoms with Gasteiger partial charge in [0.15, 0.2) is 0 Å². The molecule has 0 radical (unpaired) electrons. The van der Waals surface area contributed by atoms with Crippen molar-refractivity contribution < 1.29 is 4.74 Å². The Balaban J connectivity index is 2.44. The van der Waals surface area contributed by atoms with E-state index in [-0.39, 0.29) is 6.04 Å². The third-order valence-electron chi connectivity index (χ3n) is 3.19. The summed E-state index contributed by atoms with van der Waals surface area (Å²) in [7, 11) is 1.62. The molecule has 2 nitrogen and oxygen atoms in total. The fourth-order valence-corrected chi connectivity index (χ4v) is 2.90. The fraction of sp³-hybridized carbons (Fsp3) is 0.250. The van der Waals surface area contributed by atoms with Crippen molar-refractivity contribution >= 4 is 45.8 Å². The van der Waals surface area contributed by atoms with Gasteiger partial charge in [-0.25, -0.2) is 0 Å². The lowest BCUT2D eigenvalue weighted by Crippen LogP contribution is -2.22. The van der Waals surface area contributed by atoms with Gasteiger partial charge in [-0.2, -0.15) is 0 Å². The van der Waals surface area contributed by atoms with Crippen molar-refractivity contribution in [1.82, 2.24) is 5.32 Å². The minimum atomic E-state index is 0.0515. The normalized spacial score (nSPS) is 12.2. The molecule has 0 amide bonds. The van der Waals surface area contributed by atoms with Crippen LogP contribution in [-0.2, 0) is 0 Å². The summed E-state index contributed by atoms with van der Waals surface area (Å²) in [5.74, 6) is 0.675. The molecule has 0 aliphatic heterocycles. The standard InChI is InChI=1S/C16H16Cl2INO/c1-3-20-16(10-5-7-14(19)13(18)8-10)11-4-6-12(17)15(9-11)21-2/h4-9,16,20H,3H2,1-2H3. The molecule has 0 aliphatic carbocycles. The Labute approximate surface area is 148 Å². The maximum atomic E-state index is 6.25. The number of hydrogen-bond acceptors (Lipinski definition) is 2. The predicted molar refractivity (Wildman–Crippen MR) is 97.7 cm³/mol. The van der Waals surface area contributed by atoms with Gasteiger partial charge in [0.05, 0.1) is 23.2 Å². The van der Waals surface area contributed by atoms with Crippen molar-refractivity contribution in [3.63, 3.8) is 0 Å². The highest BCUT2D eigenvalue weighted by Crippen LogP contribution is 2.32. The number of hydrogen-bond donors (Lipinski definition) is 1. The molecular weight excluding hydrogens is 420 g/mol. The van der Waals surface area contributed by atoms with E-state index >= 15 is 0 Å². The monoisotopic (exact) mass is 435 g/mol. The molecule has 112 valence electrons. The topological polar surface area (TPSA) is 21.3 Å². The molecule has 0 aliphatic rings. The zero-order chi connectivity index (χ0) is 15.4. The Morgan fingerprint density at radius 1 is 1.10 bits per heavy atom. The van der Waals surface area contributed by atoms with Crippen LogP contribution in [0.25, 0.3) is 0 Å². The van der Waals surface area contributed by atoms with E-state index in [1.165, 1.54) is 0 Å². The van der Waals surface area contributed by atoms with Crippen LogP contribution in [0.1, 0.15) is 24.1 Å². The van der Waals surface area contributed by atoms with Gasteiger partial charge in [-0.15, -0.1) is 0 Å². The fourth-order valence-electron chi connectivity index (χ4n) is 2.18. The van der Waals surface area contributed by atoms with Crippen LogP contribution in [0.5, 0.6) is 5.75 Å². The molecule has 1 unspecified atom stereocenters. The lowest BCUT2D eigenvalue weighted by molar-refractivity contribution is 0.414. The first kappa shape index (κ1) is 16.9. The van der Waals surface area contributed by atoms with Gasteiger partial charge in [0.1, 0.15) is 5.75 Å². The molecular formula is C16H16Cl2INO. The van der Waals surface area contributed by atoms with Gasteiger partial charge in [-0.3, -0.25) is 0 Å². The van der Waals surface area contributed by atoms with Gasteiger partial charge >= 0.3 is 0 Å². The predicted octanol–water partition coefficient (Wildman–Crippen LogP) is 5.31. The summed E-state index contributed by atoms with van der Waals surface area (Å²) >= 11 is 14.6. The Bertz CT molecular complexity index is 634. The van der Waals surface area contributed by atoms with E-state index in [4.69, 9.17) is 27.9 Å². The molecule has 0 saturated heterocycles. The molecule has 0 heterocycles. The zero-order valence-corrected chi connectivity index (χ0v) is 15.5. The first-order chi connectivity index (χ1) is 10.1. The largest absolute Gasteiger partial charge is 0.495 e. The second-order valence-electron chi connectivity index (χ2n) is 4.56. The Kier molecular flexibility index (Phi) is 6.17. The molecule has 0 spiro atoms. The van der Waals surface area contributed by atoms with Crippen LogP contribution in [0, 0.1) is 3.57 Å². The van der Waals surface area contributed by atoms with Crippen molar-refractivity contribution in [2.24, 2.45) is 0 Å². The summed E-state index contributed by atoms with van der Waals surface area (Å²) in [6, 6.07) is 12.0. The van der Waals surface area contributed by atoms with E-state index in [2.05, 4.69) is 40.9 Å². The average molecular weight is 436 g/mol. The lowest BCUT2D eigenvalue weighted by atomic mass is 9.98. The van der Waals surface area contributed by atoms with Crippen molar-refractivity contribution in [1.29, 1.82) is 0 Å². The van der Waals surface area contributed by atoms with Gasteiger partial charge in [0.25, 0.3) is 0 Å². The van der Waals surface area contributed by atoms with E-state index in [9.17, 15) is 0 Å². The highest BCUT2D eigenvalue weighted by Gasteiger charge is 2.16. The van der Waals surface area contributed by atoms with Gasteiger partial charge in [-0.1, -0.05) is 42.3 Å². The highest BCUT2D eigenvalue weighted by molar-refractivity contribution is 14.1. The van der Waals surface area contributed by atoms with Gasteiger partial charge in [-0.05, 0) is 64.5 Å². The third-order valence-corrected chi connectivity index (χ3v) is 5.08. The molecule has 0 saturated carbocycles. The molecule has 1 N–H and O–H groups in total. The van der Waals surface area contributed by atoms with Gasteiger partial charge < -0.3 is 10.1 Å². The van der Waals surface area contributed by atoms with Crippen LogP contribution >= 0.6 is 45.8 Å². The van der Waals surface area contributed by atoms with Crippen molar-refractivity contribution in [2.75, 3.05) is 13.7 Å². The second kappa shape index (κ2) is 7.68. The number of methoxy groups -OCH3 is 1. The molecule has 0 fully saturated rings. The third kappa shape index (κ3) is 4.03. The number of halogens is 3. The number of ether oxygens (including phenoxy) is 1. The Hall–Kier alpha value is -0.490. The summed E-state index contributed by atoms with van der Waals surface area (Å²) in [5.41, 5.74) is 2.21.